The fraction of sp³-hybridized carbons (Fsp3) is 0.917. The third-order valence-electron chi connectivity index (χ3n) is 3.84. The lowest BCUT2D eigenvalue weighted by Gasteiger charge is -2.39. The Bertz CT molecular complexity index is 284. The van der Waals surface area contributed by atoms with Crippen LogP contribution in [-0.4, -0.2) is 28.1 Å². The van der Waals surface area contributed by atoms with E-state index in [1.807, 2.05) is 0 Å². The monoisotopic (exact) mass is 241 g/mol. The van der Waals surface area contributed by atoms with Gasteiger partial charge in [-0.15, -0.1) is 0 Å². The van der Waals surface area contributed by atoms with Gasteiger partial charge in [0.1, 0.15) is 5.41 Å². The van der Waals surface area contributed by atoms with E-state index in [0.717, 1.165) is 6.42 Å². The van der Waals surface area contributed by atoms with Gasteiger partial charge >= 0.3 is 0 Å². The minimum atomic E-state index is -1.66. The molecule has 0 aromatic heterocycles. The molecule has 1 aliphatic heterocycles. The lowest BCUT2D eigenvalue weighted by Crippen LogP contribution is -2.45. The van der Waals surface area contributed by atoms with Crippen molar-refractivity contribution in [3.8, 4) is 6.07 Å². The van der Waals surface area contributed by atoms with Gasteiger partial charge in [-0.2, -0.15) is 5.26 Å². The fourth-order valence-corrected chi connectivity index (χ4v) is 2.38. The molecule has 0 aromatic carbocycles. The SMILES string of the molecule is CC(C)(C)[Si](C)(C)OCCC1(C#N)COC1. The molecule has 1 heterocycles. The molecule has 0 radical (unpaired) electrons. The van der Waals surface area contributed by atoms with Crippen LogP contribution >= 0.6 is 0 Å². The molecule has 1 fully saturated rings. The summed E-state index contributed by atoms with van der Waals surface area (Å²) in [6, 6.07) is 2.35. The maximum atomic E-state index is 9.05. The minimum absolute atomic E-state index is 0.239. The first-order chi connectivity index (χ1) is 7.22. The zero-order valence-electron chi connectivity index (χ0n) is 11.1. The molecule has 0 bridgehead atoms. The first-order valence-electron chi connectivity index (χ1n) is 5.85. The molecule has 16 heavy (non-hydrogen) atoms. The number of rotatable bonds is 4. The van der Waals surface area contributed by atoms with Crippen molar-refractivity contribution in [3.05, 3.63) is 0 Å². The van der Waals surface area contributed by atoms with Crippen LogP contribution in [0.15, 0.2) is 0 Å². The smallest absolute Gasteiger partial charge is 0.191 e. The van der Waals surface area contributed by atoms with Gasteiger partial charge in [0.05, 0.1) is 19.3 Å². The molecule has 0 unspecified atom stereocenters. The van der Waals surface area contributed by atoms with Crippen LogP contribution in [0.25, 0.3) is 0 Å². The molecule has 1 aliphatic rings. The van der Waals surface area contributed by atoms with Crippen LogP contribution in [0.2, 0.25) is 18.1 Å². The number of nitriles is 1. The molecule has 0 spiro atoms. The van der Waals surface area contributed by atoms with Crippen LogP contribution in [0.3, 0.4) is 0 Å². The molecular formula is C12H23NO2Si. The normalized spacial score (nSPS) is 20.0. The zero-order valence-corrected chi connectivity index (χ0v) is 12.1. The van der Waals surface area contributed by atoms with Crippen LogP contribution in [-0.2, 0) is 9.16 Å². The van der Waals surface area contributed by atoms with E-state index < -0.39 is 8.32 Å². The Balaban J connectivity index is 2.39. The van der Waals surface area contributed by atoms with E-state index in [-0.39, 0.29) is 10.5 Å². The predicted octanol–water partition coefficient (Wildman–Crippen LogP) is 2.94. The third kappa shape index (κ3) is 2.85. The highest BCUT2D eigenvalue weighted by Crippen LogP contribution is 2.37. The van der Waals surface area contributed by atoms with Crippen molar-refractivity contribution in [1.82, 2.24) is 0 Å². The third-order valence-corrected chi connectivity index (χ3v) is 8.38. The molecule has 92 valence electrons. The highest BCUT2D eigenvalue weighted by Gasteiger charge is 2.41. The van der Waals surface area contributed by atoms with Crippen molar-refractivity contribution >= 4 is 8.32 Å². The van der Waals surface area contributed by atoms with E-state index in [1.165, 1.54) is 0 Å². The lowest BCUT2D eigenvalue weighted by molar-refractivity contribution is -0.0861. The maximum Gasteiger partial charge on any atom is 0.191 e. The van der Waals surface area contributed by atoms with Gasteiger partial charge in [0.15, 0.2) is 8.32 Å². The summed E-state index contributed by atoms with van der Waals surface area (Å²) < 4.78 is 11.2. The van der Waals surface area contributed by atoms with Gasteiger partial charge in [-0.05, 0) is 24.6 Å². The van der Waals surface area contributed by atoms with Gasteiger partial charge in [-0.3, -0.25) is 0 Å². The number of ether oxygens (including phenoxy) is 1. The summed E-state index contributed by atoms with van der Waals surface area (Å²) in [6.07, 6.45) is 0.802. The molecule has 0 saturated carbocycles. The van der Waals surface area contributed by atoms with E-state index in [2.05, 4.69) is 39.9 Å². The standard InChI is InChI=1S/C12H23NO2Si/c1-11(2,3)16(4,5)15-7-6-12(8-13)9-14-10-12/h6-7,9-10H2,1-5H3. The molecule has 3 nitrogen and oxygen atoms in total. The molecule has 0 atom stereocenters. The molecule has 0 aliphatic carbocycles. The summed E-state index contributed by atoms with van der Waals surface area (Å²) in [4.78, 5) is 0. The number of hydrogen-bond acceptors (Lipinski definition) is 3. The van der Waals surface area contributed by atoms with Crippen molar-refractivity contribution < 1.29 is 9.16 Å². The van der Waals surface area contributed by atoms with Crippen LogP contribution in [0.4, 0.5) is 0 Å². The summed E-state index contributed by atoms with van der Waals surface area (Å²) in [5.74, 6) is 0. The van der Waals surface area contributed by atoms with Crippen LogP contribution in [0.1, 0.15) is 27.2 Å². The van der Waals surface area contributed by atoms with Gasteiger partial charge in [-0.1, -0.05) is 20.8 Å². The van der Waals surface area contributed by atoms with E-state index in [0.29, 0.717) is 19.8 Å². The Labute approximate surface area is 99.9 Å². The van der Waals surface area contributed by atoms with Crippen molar-refractivity contribution in [2.75, 3.05) is 19.8 Å². The second-order valence-electron chi connectivity index (χ2n) is 6.24. The Kier molecular flexibility index (Phi) is 3.83. The van der Waals surface area contributed by atoms with Gasteiger partial charge < -0.3 is 9.16 Å². The second kappa shape index (κ2) is 4.48. The highest BCUT2D eigenvalue weighted by molar-refractivity contribution is 6.74. The Morgan fingerprint density at radius 1 is 1.38 bits per heavy atom. The molecule has 4 heteroatoms. The lowest BCUT2D eigenvalue weighted by atomic mass is 9.85. The van der Waals surface area contributed by atoms with Crippen LogP contribution in [0, 0.1) is 16.7 Å². The first kappa shape index (κ1) is 13.7. The quantitative estimate of drug-likeness (QED) is 0.711. The minimum Gasteiger partial charge on any atom is -0.417 e. The number of nitrogens with zero attached hydrogens (tertiary/aromatic N) is 1. The van der Waals surface area contributed by atoms with Crippen LogP contribution < -0.4 is 0 Å². The summed E-state index contributed by atoms with van der Waals surface area (Å²) in [5.41, 5.74) is -0.262. The van der Waals surface area contributed by atoms with Crippen molar-refractivity contribution in [1.29, 1.82) is 5.26 Å². The summed E-state index contributed by atoms with van der Waals surface area (Å²) >= 11 is 0. The van der Waals surface area contributed by atoms with Crippen molar-refractivity contribution in [2.45, 2.75) is 45.3 Å². The van der Waals surface area contributed by atoms with Crippen molar-refractivity contribution in [3.63, 3.8) is 0 Å². The van der Waals surface area contributed by atoms with E-state index in [4.69, 9.17) is 14.4 Å². The summed E-state index contributed by atoms with van der Waals surface area (Å²) in [6.45, 7) is 13.0. The Hall–Kier alpha value is -0.373. The second-order valence-corrected chi connectivity index (χ2v) is 11.1. The van der Waals surface area contributed by atoms with Gasteiger partial charge in [0.2, 0.25) is 0 Å². The zero-order chi connectivity index (χ0) is 12.4. The average Bonchev–Trinajstić information content (AvgIpc) is 2.07. The fourth-order valence-electron chi connectivity index (χ4n) is 1.33. The molecule has 1 rings (SSSR count). The molecule has 0 N–H and O–H groups in total. The van der Waals surface area contributed by atoms with Crippen molar-refractivity contribution in [2.24, 2.45) is 5.41 Å². The molecule has 0 aromatic rings. The summed E-state index contributed by atoms with van der Waals surface area (Å²) in [7, 11) is -1.66. The van der Waals surface area contributed by atoms with Crippen LogP contribution in [0.5, 0.6) is 0 Å². The predicted molar refractivity (Wildman–Crippen MR) is 66.6 cm³/mol. The van der Waals surface area contributed by atoms with Gasteiger partial charge in [0.25, 0.3) is 0 Å². The molecular weight excluding hydrogens is 218 g/mol. The van der Waals surface area contributed by atoms with E-state index >= 15 is 0 Å². The van der Waals surface area contributed by atoms with Gasteiger partial charge in [0, 0.05) is 6.61 Å². The Morgan fingerprint density at radius 2 is 1.94 bits per heavy atom. The number of hydrogen-bond donors (Lipinski definition) is 0. The van der Waals surface area contributed by atoms with E-state index in [1.54, 1.807) is 0 Å². The average molecular weight is 241 g/mol. The molecule has 0 amide bonds. The molecule has 1 saturated heterocycles. The highest BCUT2D eigenvalue weighted by atomic mass is 28.4. The van der Waals surface area contributed by atoms with Gasteiger partial charge in [-0.25, -0.2) is 0 Å². The first-order valence-corrected chi connectivity index (χ1v) is 8.76. The summed E-state index contributed by atoms with van der Waals surface area (Å²) in [5, 5.41) is 9.29. The largest absolute Gasteiger partial charge is 0.417 e. The Morgan fingerprint density at radius 3 is 2.25 bits per heavy atom. The van der Waals surface area contributed by atoms with E-state index in [9.17, 15) is 0 Å². The topological polar surface area (TPSA) is 42.2 Å². The maximum absolute atomic E-state index is 9.05.